The van der Waals surface area contributed by atoms with Crippen LogP contribution in [0.1, 0.15) is 43.2 Å². The molecule has 0 saturated carbocycles. The molecule has 1 rings (SSSR count). The Balaban J connectivity index is 3.11. The standard InChI is InChI=1S/C14H20O3/c1-4-6-11(9-13(15)16)14-10(2)7-5-8-12(14)17-3/h5,7-8,11H,4,6,9H2,1-3H3,(H,15,16). The quantitative estimate of drug-likeness (QED) is 0.823. The summed E-state index contributed by atoms with van der Waals surface area (Å²) in [6.45, 7) is 4.07. The van der Waals surface area contributed by atoms with Crippen LogP contribution in [0.25, 0.3) is 0 Å². The Hall–Kier alpha value is -1.51. The third-order valence-electron chi connectivity index (χ3n) is 2.97. The van der Waals surface area contributed by atoms with E-state index in [1.54, 1.807) is 7.11 Å². The summed E-state index contributed by atoms with van der Waals surface area (Å²) in [5.74, 6) is 0.0760. The molecule has 94 valence electrons. The van der Waals surface area contributed by atoms with Crippen LogP contribution in [0.2, 0.25) is 0 Å². The molecule has 0 aliphatic rings. The van der Waals surface area contributed by atoms with E-state index in [0.29, 0.717) is 0 Å². The number of aryl methyl sites for hydroxylation is 1. The van der Waals surface area contributed by atoms with Crippen LogP contribution in [-0.4, -0.2) is 18.2 Å². The second-order valence-corrected chi connectivity index (χ2v) is 4.27. The fourth-order valence-corrected chi connectivity index (χ4v) is 2.26. The molecule has 0 saturated heterocycles. The molecule has 0 fully saturated rings. The van der Waals surface area contributed by atoms with Gasteiger partial charge in [0.25, 0.3) is 0 Å². The Kier molecular flexibility index (Phi) is 5.01. The number of carboxylic acid groups (broad SMARTS) is 1. The summed E-state index contributed by atoms with van der Waals surface area (Å²) >= 11 is 0. The number of hydrogen-bond donors (Lipinski definition) is 1. The van der Waals surface area contributed by atoms with Gasteiger partial charge in [-0.05, 0) is 30.9 Å². The van der Waals surface area contributed by atoms with Crippen molar-refractivity contribution in [3.8, 4) is 5.75 Å². The Morgan fingerprint density at radius 1 is 1.47 bits per heavy atom. The van der Waals surface area contributed by atoms with Crippen molar-refractivity contribution in [3.63, 3.8) is 0 Å². The van der Waals surface area contributed by atoms with Crippen LogP contribution in [0.4, 0.5) is 0 Å². The molecule has 17 heavy (non-hydrogen) atoms. The van der Waals surface area contributed by atoms with Crippen LogP contribution < -0.4 is 4.74 Å². The topological polar surface area (TPSA) is 46.5 Å². The second kappa shape index (κ2) is 6.28. The van der Waals surface area contributed by atoms with Crippen LogP contribution >= 0.6 is 0 Å². The van der Waals surface area contributed by atoms with E-state index in [2.05, 4.69) is 6.92 Å². The van der Waals surface area contributed by atoms with Gasteiger partial charge < -0.3 is 9.84 Å². The molecule has 0 radical (unpaired) electrons. The summed E-state index contributed by atoms with van der Waals surface area (Å²) in [6.07, 6.45) is 2.00. The molecule has 3 heteroatoms. The van der Waals surface area contributed by atoms with Gasteiger partial charge in [-0.15, -0.1) is 0 Å². The molecule has 0 aliphatic heterocycles. The minimum absolute atomic E-state index is 0.0358. The number of carbonyl (C=O) groups is 1. The number of rotatable bonds is 6. The molecule has 1 aromatic rings. The maximum Gasteiger partial charge on any atom is 0.303 e. The van der Waals surface area contributed by atoms with E-state index in [1.165, 1.54) is 0 Å². The molecule has 1 atom stereocenters. The monoisotopic (exact) mass is 236 g/mol. The van der Waals surface area contributed by atoms with E-state index in [1.807, 2.05) is 25.1 Å². The highest BCUT2D eigenvalue weighted by Gasteiger charge is 2.20. The summed E-state index contributed by atoms with van der Waals surface area (Å²) in [5.41, 5.74) is 2.14. The van der Waals surface area contributed by atoms with E-state index < -0.39 is 5.97 Å². The fraction of sp³-hybridized carbons (Fsp3) is 0.500. The molecule has 0 amide bonds. The van der Waals surface area contributed by atoms with Crippen molar-refractivity contribution in [1.29, 1.82) is 0 Å². The van der Waals surface area contributed by atoms with Crippen LogP contribution in [0, 0.1) is 6.92 Å². The van der Waals surface area contributed by atoms with Crippen molar-refractivity contribution in [2.75, 3.05) is 7.11 Å². The van der Waals surface area contributed by atoms with Gasteiger partial charge in [-0.3, -0.25) is 4.79 Å². The lowest BCUT2D eigenvalue weighted by Crippen LogP contribution is -2.09. The lowest BCUT2D eigenvalue weighted by molar-refractivity contribution is -0.137. The van der Waals surface area contributed by atoms with Gasteiger partial charge in [0.2, 0.25) is 0 Å². The van der Waals surface area contributed by atoms with E-state index >= 15 is 0 Å². The van der Waals surface area contributed by atoms with E-state index in [0.717, 1.165) is 29.7 Å². The first-order valence-corrected chi connectivity index (χ1v) is 5.95. The third-order valence-corrected chi connectivity index (χ3v) is 2.97. The van der Waals surface area contributed by atoms with Gasteiger partial charge in [-0.1, -0.05) is 25.5 Å². The predicted octanol–water partition coefficient (Wildman–Crippen LogP) is 3.36. The molecule has 1 aromatic carbocycles. The molecule has 0 bridgehead atoms. The number of benzene rings is 1. The second-order valence-electron chi connectivity index (χ2n) is 4.27. The highest BCUT2D eigenvalue weighted by Crippen LogP contribution is 2.34. The Labute approximate surface area is 102 Å². The van der Waals surface area contributed by atoms with Crippen molar-refractivity contribution in [1.82, 2.24) is 0 Å². The average Bonchev–Trinajstić information content (AvgIpc) is 2.27. The summed E-state index contributed by atoms with van der Waals surface area (Å²) in [4.78, 5) is 10.9. The first kappa shape index (κ1) is 13.6. The average molecular weight is 236 g/mol. The lowest BCUT2D eigenvalue weighted by Gasteiger charge is -2.20. The SMILES string of the molecule is CCCC(CC(=O)O)c1c(C)cccc1OC. The molecule has 0 aromatic heterocycles. The smallest absolute Gasteiger partial charge is 0.303 e. The highest BCUT2D eigenvalue weighted by atomic mass is 16.5. The van der Waals surface area contributed by atoms with Gasteiger partial charge >= 0.3 is 5.97 Å². The number of methoxy groups -OCH3 is 1. The zero-order valence-corrected chi connectivity index (χ0v) is 10.7. The highest BCUT2D eigenvalue weighted by molar-refractivity contribution is 5.68. The molecular formula is C14H20O3. The first-order valence-electron chi connectivity index (χ1n) is 5.95. The Morgan fingerprint density at radius 2 is 2.18 bits per heavy atom. The largest absolute Gasteiger partial charge is 0.496 e. The normalized spacial score (nSPS) is 12.2. The van der Waals surface area contributed by atoms with Gasteiger partial charge in [-0.2, -0.15) is 0 Å². The van der Waals surface area contributed by atoms with E-state index in [-0.39, 0.29) is 12.3 Å². The molecular weight excluding hydrogens is 216 g/mol. The van der Waals surface area contributed by atoms with Gasteiger partial charge in [0.15, 0.2) is 0 Å². The molecule has 0 spiro atoms. The minimum Gasteiger partial charge on any atom is -0.496 e. The summed E-state index contributed by atoms with van der Waals surface area (Å²) in [6, 6.07) is 5.83. The van der Waals surface area contributed by atoms with Crippen molar-refractivity contribution in [2.24, 2.45) is 0 Å². The number of ether oxygens (including phenoxy) is 1. The summed E-state index contributed by atoms with van der Waals surface area (Å²) in [5, 5.41) is 8.99. The predicted molar refractivity (Wildman–Crippen MR) is 67.6 cm³/mol. The van der Waals surface area contributed by atoms with Crippen LogP contribution in [-0.2, 0) is 4.79 Å². The van der Waals surface area contributed by atoms with Crippen LogP contribution in [0.5, 0.6) is 5.75 Å². The van der Waals surface area contributed by atoms with Crippen LogP contribution in [0.15, 0.2) is 18.2 Å². The van der Waals surface area contributed by atoms with Gasteiger partial charge in [0.1, 0.15) is 5.75 Å². The molecule has 1 unspecified atom stereocenters. The van der Waals surface area contributed by atoms with Crippen LogP contribution in [0.3, 0.4) is 0 Å². The molecule has 0 aliphatic carbocycles. The maximum atomic E-state index is 10.9. The van der Waals surface area contributed by atoms with E-state index in [4.69, 9.17) is 9.84 Å². The Bertz CT molecular complexity index is 385. The number of carboxylic acids is 1. The summed E-state index contributed by atoms with van der Waals surface area (Å²) in [7, 11) is 1.63. The number of aliphatic carboxylic acids is 1. The maximum absolute atomic E-state index is 10.9. The molecule has 1 N–H and O–H groups in total. The zero-order chi connectivity index (χ0) is 12.8. The molecule has 3 nitrogen and oxygen atoms in total. The fourth-order valence-electron chi connectivity index (χ4n) is 2.26. The van der Waals surface area contributed by atoms with Gasteiger partial charge in [0, 0.05) is 5.56 Å². The van der Waals surface area contributed by atoms with Crippen molar-refractivity contribution in [3.05, 3.63) is 29.3 Å². The third kappa shape index (κ3) is 3.48. The first-order chi connectivity index (χ1) is 8.10. The number of hydrogen-bond acceptors (Lipinski definition) is 2. The van der Waals surface area contributed by atoms with Crippen molar-refractivity contribution >= 4 is 5.97 Å². The van der Waals surface area contributed by atoms with Crippen molar-refractivity contribution in [2.45, 2.75) is 39.0 Å². The minimum atomic E-state index is -0.756. The molecule has 0 heterocycles. The lowest BCUT2D eigenvalue weighted by atomic mass is 9.88. The van der Waals surface area contributed by atoms with Crippen molar-refractivity contribution < 1.29 is 14.6 Å². The van der Waals surface area contributed by atoms with E-state index in [9.17, 15) is 4.79 Å². The summed E-state index contributed by atoms with van der Waals surface area (Å²) < 4.78 is 5.34. The Morgan fingerprint density at radius 3 is 2.71 bits per heavy atom. The van der Waals surface area contributed by atoms with Gasteiger partial charge in [-0.25, -0.2) is 0 Å². The van der Waals surface area contributed by atoms with Gasteiger partial charge in [0.05, 0.1) is 13.5 Å². The zero-order valence-electron chi connectivity index (χ0n) is 10.7.